The van der Waals surface area contributed by atoms with Gasteiger partial charge < -0.3 is 19.7 Å². The SMILES string of the molecule is COc1ccc(C2/C(=C(/O)c3ccc(OC(C)C)cc3)C(=O)C(=O)N2c2ccc(C(C)C)cc2)cc1O. The van der Waals surface area contributed by atoms with E-state index in [-0.39, 0.29) is 28.9 Å². The van der Waals surface area contributed by atoms with E-state index in [1.807, 2.05) is 26.0 Å². The molecule has 1 amide bonds. The largest absolute Gasteiger partial charge is 0.507 e. The number of aliphatic hydroxyl groups excluding tert-OH is 1. The van der Waals surface area contributed by atoms with Crippen molar-refractivity contribution in [3.8, 4) is 17.2 Å². The number of phenols is 1. The van der Waals surface area contributed by atoms with Gasteiger partial charge in [-0.15, -0.1) is 0 Å². The lowest BCUT2D eigenvalue weighted by atomic mass is 9.94. The Bertz CT molecular complexity index is 1340. The highest BCUT2D eigenvalue weighted by atomic mass is 16.5. The summed E-state index contributed by atoms with van der Waals surface area (Å²) < 4.78 is 10.8. The van der Waals surface area contributed by atoms with Crippen LogP contribution in [0.5, 0.6) is 17.2 Å². The molecule has 1 atom stereocenters. The molecule has 0 aromatic heterocycles. The number of benzene rings is 3. The molecule has 37 heavy (non-hydrogen) atoms. The van der Waals surface area contributed by atoms with Crippen molar-refractivity contribution in [1.82, 2.24) is 0 Å². The van der Waals surface area contributed by atoms with Crippen LogP contribution in [0.15, 0.2) is 72.3 Å². The van der Waals surface area contributed by atoms with E-state index in [0.717, 1.165) is 5.56 Å². The highest BCUT2D eigenvalue weighted by Crippen LogP contribution is 2.44. The molecule has 1 unspecified atom stereocenters. The summed E-state index contributed by atoms with van der Waals surface area (Å²) in [6.45, 7) is 7.96. The molecular formula is C30H31NO6. The summed E-state index contributed by atoms with van der Waals surface area (Å²) in [5.41, 5.74) is 2.34. The molecule has 7 heteroatoms. The fraction of sp³-hybridized carbons (Fsp3) is 0.267. The lowest BCUT2D eigenvalue weighted by molar-refractivity contribution is -0.132. The van der Waals surface area contributed by atoms with Crippen molar-refractivity contribution in [2.45, 2.75) is 45.8 Å². The monoisotopic (exact) mass is 501 g/mol. The minimum Gasteiger partial charge on any atom is -0.507 e. The summed E-state index contributed by atoms with van der Waals surface area (Å²) in [7, 11) is 1.43. The number of rotatable bonds is 7. The van der Waals surface area contributed by atoms with Gasteiger partial charge in [-0.2, -0.15) is 0 Å². The van der Waals surface area contributed by atoms with Gasteiger partial charge in [-0.25, -0.2) is 0 Å². The average molecular weight is 502 g/mol. The van der Waals surface area contributed by atoms with Crippen LogP contribution >= 0.6 is 0 Å². The van der Waals surface area contributed by atoms with Gasteiger partial charge in [-0.1, -0.05) is 32.0 Å². The third kappa shape index (κ3) is 5.03. The minimum absolute atomic E-state index is 0.0189. The lowest BCUT2D eigenvalue weighted by Gasteiger charge is -2.26. The maximum atomic E-state index is 13.4. The van der Waals surface area contributed by atoms with E-state index in [2.05, 4.69) is 13.8 Å². The van der Waals surface area contributed by atoms with Crippen molar-refractivity contribution in [3.63, 3.8) is 0 Å². The molecule has 1 aliphatic heterocycles. The van der Waals surface area contributed by atoms with Crippen molar-refractivity contribution in [1.29, 1.82) is 0 Å². The van der Waals surface area contributed by atoms with Gasteiger partial charge in [0.1, 0.15) is 11.5 Å². The highest BCUT2D eigenvalue weighted by Gasteiger charge is 2.47. The van der Waals surface area contributed by atoms with Crippen LogP contribution in [0, 0.1) is 0 Å². The normalized spacial score (nSPS) is 17.1. The summed E-state index contributed by atoms with van der Waals surface area (Å²) in [6, 6.07) is 17.8. The molecule has 0 aliphatic carbocycles. The molecule has 0 spiro atoms. The summed E-state index contributed by atoms with van der Waals surface area (Å²) in [5.74, 6) is -0.864. The zero-order valence-corrected chi connectivity index (χ0v) is 21.6. The van der Waals surface area contributed by atoms with E-state index in [0.29, 0.717) is 28.5 Å². The van der Waals surface area contributed by atoms with Crippen LogP contribution in [0.1, 0.15) is 56.3 Å². The first-order chi connectivity index (χ1) is 17.6. The van der Waals surface area contributed by atoms with Crippen molar-refractivity contribution in [2.24, 2.45) is 0 Å². The molecule has 1 saturated heterocycles. The molecule has 0 bridgehead atoms. The molecule has 0 radical (unpaired) electrons. The van der Waals surface area contributed by atoms with Crippen molar-refractivity contribution < 1.29 is 29.3 Å². The molecule has 192 valence electrons. The molecule has 3 aromatic carbocycles. The van der Waals surface area contributed by atoms with Crippen molar-refractivity contribution in [3.05, 3.63) is 89.0 Å². The molecule has 0 saturated carbocycles. The Kier molecular flexibility index (Phi) is 7.25. The second-order valence-electron chi connectivity index (χ2n) is 9.54. The molecule has 1 aliphatic rings. The fourth-order valence-electron chi connectivity index (χ4n) is 4.43. The number of hydrogen-bond acceptors (Lipinski definition) is 6. The number of anilines is 1. The zero-order chi connectivity index (χ0) is 26.9. The Hall–Kier alpha value is -4.26. The summed E-state index contributed by atoms with van der Waals surface area (Å²) >= 11 is 0. The third-order valence-electron chi connectivity index (χ3n) is 6.30. The number of aliphatic hydroxyl groups is 1. The van der Waals surface area contributed by atoms with E-state index in [9.17, 15) is 19.8 Å². The van der Waals surface area contributed by atoms with Crippen LogP contribution in [0.2, 0.25) is 0 Å². The molecule has 7 nitrogen and oxygen atoms in total. The first-order valence-corrected chi connectivity index (χ1v) is 12.2. The number of nitrogens with zero attached hydrogens (tertiary/aromatic N) is 1. The maximum Gasteiger partial charge on any atom is 0.300 e. The number of phenolic OH excluding ortho intramolecular Hbond substituents is 1. The maximum absolute atomic E-state index is 13.4. The third-order valence-corrected chi connectivity index (χ3v) is 6.30. The van der Waals surface area contributed by atoms with Gasteiger partial charge in [0.25, 0.3) is 11.7 Å². The van der Waals surface area contributed by atoms with E-state index in [4.69, 9.17) is 9.47 Å². The molecular weight excluding hydrogens is 470 g/mol. The quantitative estimate of drug-likeness (QED) is 0.236. The van der Waals surface area contributed by atoms with Gasteiger partial charge in [0.15, 0.2) is 11.5 Å². The van der Waals surface area contributed by atoms with Gasteiger partial charge in [0.2, 0.25) is 0 Å². The van der Waals surface area contributed by atoms with Crippen LogP contribution in [0.4, 0.5) is 5.69 Å². The van der Waals surface area contributed by atoms with Crippen LogP contribution in [0.3, 0.4) is 0 Å². The van der Waals surface area contributed by atoms with Gasteiger partial charge >= 0.3 is 0 Å². The standard InChI is InChI=1S/C30H31NO6/c1-17(2)19-6-11-22(12-7-19)31-27(21-10-15-25(36-5)24(32)16-21)26(29(34)30(31)35)28(33)20-8-13-23(14-9-20)37-18(3)4/h6-18,27,32-33H,1-5H3/b28-26-. The average Bonchev–Trinajstić information content (AvgIpc) is 3.14. The van der Waals surface area contributed by atoms with Gasteiger partial charge in [0, 0.05) is 11.3 Å². The van der Waals surface area contributed by atoms with E-state index in [1.165, 1.54) is 18.1 Å². The van der Waals surface area contributed by atoms with Gasteiger partial charge in [-0.3, -0.25) is 14.5 Å². The first-order valence-electron chi connectivity index (χ1n) is 12.2. The Morgan fingerprint density at radius 3 is 2.11 bits per heavy atom. The number of ketones is 1. The smallest absolute Gasteiger partial charge is 0.300 e. The Balaban J connectivity index is 1.87. The Labute approximate surface area is 216 Å². The van der Waals surface area contributed by atoms with Crippen LogP contribution in [-0.4, -0.2) is 35.1 Å². The number of methoxy groups -OCH3 is 1. The number of amides is 1. The molecule has 2 N–H and O–H groups in total. The van der Waals surface area contributed by atoms with E-state index < -0.39 is 17.7 Å². The fourth-order valence-corrected chi connectivity index (χ4v) is 4.43. The van der Waals surface area contributed by atoms with Crippen LogP contribution in [0.25, 0.3) is 5.76 Å². The second-order valence-corrected chi connectivity index (χ2v) is 9.54. The van der Waals surface area contributed by atoms with Crippen molar-refractivity contribution >= 4 is 23.1 Å². The summed E-state index contributed by atoms with van der Waals surface area (Å²) in [4.78, 5) is 28.1. The summed E-state index contributed by atoms with van der Waals surface area (Å²) in [5, 5.41) is 21.8. The number of carbonyl (C=O) groups excluding carboxylic acids is 2. The predicted molar refractivity (Wildman–Crippen MR) is 142 cm³/mol. The van der Waals surface area contributed by atoms with Gasteiger partial charge in [0.05, 0.1) is 24.8 Å². The first kappa shape index (κ1) is 25.8. The molecule has 4 rings (SSSR count). The molecule has 1 heterocycles. The number of Topliss-reactive ketones (excluding diaryl/α,β-unsaturated/α-hetero) is 1. The second kappa shape index (κ2) is 10.4. The van der Waals surface area contributed by atoms with Crippen molar-refractivity contribution in [2.75, 3.05) is 12.0 Å². The number of hydrogen-bond donors (Lipinski definition) is 2. The van der Waals surface area contributed by atoms with Crippen LogP contribution in [-0.2, 0) is 9.59 Å². The Morgan fingerprint density at radius 2 is 1.57 bits per heavy atom. The molecule has 3 aromatic rings. The highest BCUT2D eigenvalue weighted by molar-refractivity contribution is 6.51. The van der Waals surface area contributed by atoms with E-state index in [1.54, 1.807) is 48.5 Å². The Morgan fingerprint density at radius 1 is 0.919 bits per heavy atom. The summed E-state index contributed by atoms with van der Waals surface area (Å²) in [6.07, 6.45) is -0.0189. The predicted octanol–water partition coefficient (Wildman–Crippen LogP) is 5.94. The zero-order valence-electron chi connectivity index (χ0n) is 21.6. The minimum atomic E-state index is -0.965. The number of aromatic hydroxyl groups is 1. The van der Waals surface area contributed by atoms with Crippen LogP contribution < -0.4 is 14.4 Å². The number of carbonyl (C=O) groups is 2. The van der Waals surface area contributed by atoms with Gasteiger partial charge in [-0.05, 0) is 79.4 Å². The lowest BCUT2D eigenvalue weighted by Crippen LogP contribution is -2.29. The van der Waals surface area contributed by atoms with E-state index >= 15 is 0 Å². The topological polar surface area (TPSA) is 96.3 Å². The molecule has 1 fully saturated rings. The number of ether oxygens (including phenoxy) is 2.